The van der Waals surface area contributed by atoms with Crippen molar-refractivity contribution in [3.63, 3.8) is 0 Å². The lowest BCUT2D eigenvalue weighted by Crippen LogP contribution is -2.38. The smallest absolute Gasteiger partial charge is 0.160 e. The molecular weight excluding hydrogens is 242 g/mol. The van der Waals surface area contributed by atoms with E-state index in [0.717, 1.165) is 37.3 Å². The molecule has 0 amide bonds. The zero-order valence-corrected chi connectivity index (χ0v) is 11.3. The van der Waals surface area contributed by atoms with Crippen LogP contribution in [0.4, 0.5) is 11.4 Å². The summed E-state index contributed by atoms with van der Waals surface area (Å²) < 4.78 is 4.85. The third-order valence-electron chi connectivity index (χ3n) is 3.78. The highest BCUT2D eigenvalue weighted by atomic mass is 16.6. The van der Waals surface area contributed by atoms with Crippen LogP contribution < -0.4 is 10.6 Å². The van der Waals surface area contributed by atoms with Crippen LogP contribution in [0.1, 0.15) is 13.3 Å². The number of hydrogen-bond acceptors (Lipinski definition) is 6. The van der Waals surface area contributed by atoms with E-state index in [1.165, 1.54) is 0 Å². The van der Waals surface area contributed by atoms with Crippen molar-refractivity contribution >= 4 is 22.4 Å². The van der Waals surface area contributed by atoms with E-state index < -0.39 is 0 Å². The number of nitrogens with zero attached hydrogens (tertiary/aromatic N) is 4. The maximum absolute atomic E-state index is 5.90. The van der Waals surface area contributed by atoms with E-state index in [2.05, 4.69) is 34.1 Å². The summed E-state index contributed by atoms with van der Waals surface area (Å²) in [5, 5.41) is 7.91. The zero-order valence-electron chi connectivity index (χ0n) is 11.3. The fourth-order valence-corrected chi connectivity index (χ4v) is 2.83. The first kappa shape index (κ1) is 12.2. The van der Waals surface area contributed by atoms with Crippen LogP contribution in [-0.2, 0) is 0 Å². The van der Waals surface area contributed by atoms with Gasteiger partial charge in [0, 0.05) is 19.1 Å². The van der Waals surface area contributed by atoms with Gasteiger partial charge in [0.25, 0.3) is 0 Å². The molecule has 1 aliphatic heterocycles. The first-order valence-electron chi connectivity index (χ1n) is 6.63. The molecule has 3 rings (SSSR count). The Balaban J connectivity index is 2.03. The molecule has 0 bridgehead atoms. The molecule has 1 aromatic carbocycles. The van der Waals surface area contributed by atoms with Gasteiger partial charge in [0.15, 0.2) is 11.0 Å². The first-order chi connectivity index (χ1) is 9.16. The van der Waals surface area contributed by atoms with Crippen molar-refractivity contribution in [3.8, 4) is 0 Å². The van der Waals surface area contributed by atoms with E-state index in [9.17, 15) is 0 Å². The molecule has 2 aromatic rings. The van der Waals surface area contributed by atoms with Crippen LogP contribution in [0.25, 0.3) is 11.0 Å². The lowest BCUT2D eigenvalue weighted by atomic mass is 10.1. The minimum atomic E-state index is 0.427. The molecule has 0 saturated carbocycles. The molecule has 1 aliphatic rings. The van der Waals surface area contributed by atoms with Gasteiger partial charge in [0.1, 0.15) is 0 Å². The Bertz CT molecular complexity index is 581. The van der Waals surface area contributed by atoms with Crippen molar-refractivity contribution in [2.45, 2.75) is 19.4 Å². The van der Waals surface area contributed by atoms with Crippen molar-refractivity contribution in [3.05, 3.63) is 12.1 Å². The first-order valence-corrected chi connectivity index (χ1v) is 6.63. The van der Waals surface area contributed by atoms with E-state index in [1.807, 2.05) is 12.1 Å². The van der Waals surface area contributed by atoms with E-state index in [4.69, 9.17) is 10.4 Å². The molecular formula is C13H19N5O. The van der Waals surface area contributed by atoms with E-state index in [1.54, 1.807) is 0 Å². The summed E-state index contributed by atoms with van der Waals surface area (Å²) in [6, 6.07) is 4.32. The van der Waals surface area contributed by atoms with Crippen LogP contribution in [0.2, 0.25) is 0 Å². The predicted octanol–water partition coefficient (Wildman–Crippen LogP) is 1.34. The number of anilines is 2. The second kappa shape index (κ2) is 4.70. The topological polar surface area (TPSA) is 71.4 Å². The molecule has 0 aliphatic carbocycles. The highest BCUT2D eigenvalue weighted by Crippen LogP contribution is 2.30. The Morgan fingerprint density at radius 3 is 2.89 bits per heavy atom. The molecule has 1 saturated heterocycles. The Hall–Kier alpha value is -1.82. The van der Waals surface area contributed by atoms with Crippen molar-refractivity contribution in [1.29, 1.82) is 0 Å². The molecule has 1 fully saturated rings. The predicted molar refractivity (Wildman–Crippen MR) is 75.1 cm³/mol. The van der Waals surface area contributed by atoms with E-state index in [-0.39, 0.29) is 0 Å². The molecule has 0 radical (unpaired) electrons. The second-order valence-corrected chi connectivity index (χ2v) is 5.29. The fraction of sp³-hybridized carbons (Fsp3) is 0.538. The van der Waals surface area contributed by atoms with Crippen LogP contribution >= 0.6 is 0 Å². The van der Waals surface area contributed by atoms with Crippen molar-refractivity contribution in [1.82, 2.24) is 15.2 Å². The summed E-state index contributed by atoms with van der Waals surface area (Å²) in [5.41, 5.74) is 8.99. The Labute approximate surface area is 112 Å². The third kappa shape index (κ3) is 2.12. The van der Waals surface area contributed by atoms with Gasteiger partial charge in [-0.1, -0.05) is 0 Å². The average molecular weight is 261 g/mol. The average Bonchev–Trinajstić information content (AvgIpc) is 2.80. The summed E-state index contributed by atoms with van der Waals surface area (Å²) in [6.07, 6.45) is 1.14. The number of nitrogen functional groups attached to an aromatic ring is 1. The third-order valence-corrected chi connectivity index (χ3v) is 3.78. The fourth-order valence-electron chi connectivity index (χ4n) is 2.83. The Morgan fingerprint density at radius 1 is 1.26 bits per heavy atom. The molecule has 2 N–H and O–H groups in total. The van der Waals surface area contributed by atoms with Crippen LogP contribution in [-0.4, -0.2) is 47.9 Å². The summed E-state index contributed by atoms with van der Waals surface area (Å²) in [4.78, 5) is 4.73. The normalized spacial score (nSPS) is 21.8. The highest BCUT2D eigenvalue weighted by Gasteiger charge is 2.23. The zero-order chi connectivity index (χ0) is 13.4. The van der Waals surface area contributed by atoms with Gasteiger partial charge in [-0.15, -0.1) is 0 Å². The van der Waals surface area contributed by atoms with Gasteiger partial charge in [0.05, 0.1) is 11.4 Å². The standard InChI is InChI=1S/C13H19N5O/c1-9-8-17(2)6-3-7-18(9)11-5-4-10(14)12-13(11)16-19-15-12/h4-5,9H,3,6-8,14H2,1-2H3. The monoisotopic (exact) mass is 261 g/mol. The van der Waals surface area contributed by atoms with Gasteiger partial charge >= 0.3 is 0 Å². The van der Waals surface area contributed by atoms with Gasteiger partial charge in [-0.05, 0) is 49.4 Å². The number of fused-ring (bicyclic) bond motifs is 1. The number of benzene rings is 1. The van der Waals surface area contributed by atoms with Crippen LogP contribution in [0.3, 0.4) is 0 Å². The summed E-state index contributed by atoms with van der Waals surface area (Å²) in [6.45, 7) is 5.40. The maximum Gasteiger partial charge on any atom is 0.160 e. The van der Waals surface area contributed by atoms with E-state index >= 15 is 0 Å². The van der Waals surface area contributed by atoms with Crippen molar-refractivity contribution < 1.29 is 4.63 Å². The van der Waals surface area contributed by atoms with Gasteiger partial charge in [-0.2, -0.15) is 0 Å². The molecule has 1 unspecified atom stereocenters. The Morgan fingerprint density at radius 2 is 2.05 bits per heavy atom. The molecule has 0 spiro atoms. The summed E-state index contributed by atoms with van der Waals surface area (Å²) in [5.74, 6) is 0. The molecule has 6 heteroatoms. The van der Waals surface area contributed by atoms with Gasteiger partial charge in [0.2, 0.25) is 0 Å². The number of nitrogens with two attached hydrogens (primary N) is 1. The SMILES string of the molecule is CC1CN(C)CCCN1c1ccc(N)c2nonc12. The van der Waals surface area contributed by atoms with E-state index in [0.29, 0.717) is 17.2 Å². The van der Waals surface area contributed by atoms with Crippen molar-refractivity contribution in [2.24, 2.45) is 0 Å². The molecule has 2 heterocycles. The van der Waals surface area contributed by atoms with Gasteiger partial charge in [-0.25, -0.2) is 4.63 Å². The van der Waals surface area contributed by atoms with Gasteiger partial charge in [-0.3, -0.25) is 0 Å². The number of hydrogen-bond donors (Lipinski definition) is 1. The van der Waals surface area contributed by atoms with Crippen molar-refractivity contribution in [2.75, 3.05) is 37.3 Å². The quantitative estimate of drug-likeness (QED) is 0.781. The molecule has 1 atom stereocenters. The minimum absolute atomic E-state index is 0.427. The lowest BCUT2D eigenvalue weighted by Gasteiger charge is -2.30. The van der Waals surface area contributed by atoms with Crippen LogP contribution in [0.5, 0.6) is 0 Å². The molecule has 19 heavy (non-hydrogen) atoms. The number of aromatic nitrogens is 2. The lowest BCUT2D eigenvalue weighted by molar-refractivity contribution is 0.315. The van der Waals surface area contributed by atoms with Crippen LogP contribution in [0.15, 0.2) is 16.8 Å². The molecule has 1 aromatic heterocycles. The summed E-state index contributed by atoms with van der Waals surface area (Å²) in [7, 11) is 2.16. The molecule has 6 nitrogen and oxygen atoms in total. The summed E-state index contributed by atoms with van der Waals surface area (Å²) >= 11 is 0. The van der Waals surface area contributed by atoms with Gasteiger partial charge < -0.3 is 15.5 Å². The maximum atomic E-state index is 5.90. The minimum Gasteiger partial charge on any atom is -0.397 e. The molecule has 102 valence electrons. The largest absolute Gasteiger partial charge is 0.397 e. The van der Waals surface area contributed by atoms with Crippen LogP contribution in [0, 0.1) is 0 Å². The highest BCUT2D eigenvalue weighted by molar-refractivity contribution is 5.95. The number of likely N-dealkylation sites (N-methyl/N-ethyl adjacent to an activating group) is 1. The number of rotatable bonds is 1. The second-order valence-electron chi connectivity index (χ2n) is 5.29. The Kier molecular flexibility index (Phi) is 3.02.